The van der Waals surface area contributed by atoms with Gasteiger partial charge in [0.05, 0.1) is 0 Å². The molecule has 0 radical (unpaired) electrons. The van der Waals surface area contributed by atoms with Crippen LogP contribution in [0.3, 0.4) is 0 Å². The van der Waals surface area contributed by atoms with Crippen LogP contribution in [0.2, 0.25) is 0 Å². The average molecular weight is 304 g/mol. The van der Waals surface area contributed by atoms with Crippen LogP contribution in [0.5, 0.6) is 11.5 Å². The van der Waals surface area contributed by atoms with Crippen molar-refractivity contribution in [2.45, 2.75) is 37.6 Å². The molecule has 1 heterocycles. The second-order valence-corrected chi connectivity index (χ2v) is 5.82. The van der Waals surface area contributed by atoms with Gasteiger partial charge in [-0.2, -0.15) is 0 Å². The van der Waals surface area contributed by atoms with Crippen LogP contribution in [0.1, 0.15) is 42.5 Å². The number of rotatable bonds is 3. The lowest BCUT2D eigenvalue weighted by Gasteiger charge is -2.35. The molecule has 0 spiro atoms. The van der Waals surface area contributed by atoms with E-state index in [2.05, 4.69) is 5.32 Å². The Bertz CT molecular complexity index is 594. The van der Waals surface area contributed by atoms with Gasteiger partial charge in [-0.3, -0.25) is 9.59 Å². The topological polar surface area (TPSA) is 90.7 Å². The average Bonchev–Trinajstić information content (AvgIpc) is 2.55. The molecule has 1 aliphatic carbocycles. The molecule has 1 saturated carbocycles. The predicted octanol–water partition coefficient (Wildman–Crippen LogP) is 1.38. The summed E-state index contributed by atoms with van der Waals surface area (Å²) in [6.07, 6.45) is 4.04. The Morgan fingerprint density at radius 2 is 1.73 bits per heavy atom. The monoisotopic (exact) mass is 304 g/mol. The van der Waals surface area contributed by atoms with Crippen molar-refractivity contribution in [2.24, 2.45) is 5.73 Å². The molecular formula is C16H20N2O4. The van der Waals surface area contributed by atoms with Gasteiger partial charge < -0.3 is 20.5 Å². The molecule has 0 atom stereocenters. The Morgan fingerprint density at radius 1 is 1.05 bits per heavy atom. The standard InChI is InChI=1S/C16H20N2O4/c17-15(20)16(6-2-1-3-7-16)18-14(19)11-4-5-12-13(10-11)22-9-8-21-12/h4-5,10H,1-3,6-9H2,(H2,17,20)(H,18,19). The molecule has 1 aromatic rings. The van der Waals surface area contributed by atoms with Crippen LogP contribution in [-0.4, -0.2) is 30.6 Å². The molecule has 1 aliphatic heterocycles. The summed E-state index contributed by atoms with van der Waals surface area (Å²) in [5, 5.41) is 2.85. The first-order valence-electron chi connectivity index (χ1n) is 7.63. The number of nitrogens with two attached hydrogens (primary N) is 1. The lowest BCUT2D eigenvalue weighted by Crippen LogP contribution is -2.58. The van der Waals surface area contributed by atoms with Gasteiger partial charge >= 0.3 is 0 Å². The van der Waals surface area contributed by atoms with Gasteiger partial charge in [-0.05, 0) is 31.0 Å². The van der Waals surface area contributed by atoms with Crippen molar-refractivity contribution in [3.05, 3.63) is 23.8 Å². The Hall–Kier alpha value is -2.24. The van der Waals surface area contributed by atoms with Gasteiger partial charge in [-0.15, -0.1) is 0 Å². The highest BCUT2D eigenvalue weighted by Gasteiger charge is 2.39. The maximum Gasteiger partial charge on any atom is 0.252 e. The van der Waals surface area contributed by atoms with E-state index in [1.807, 2.05) is 0 Å². The van der Waals surface area contributed by atoms with E-state index >= 15 is 0 Å². The number of benzene rings is 1. The van der Waals surface area contributed by atoms with Gasteiger partial charge in [0, 0.05) is 5.56 Å². The minimum Gasteiger partial charge on any atom is -0.486 e. The molecule has 6 nitrogen and oxygen atoms in total. The number of carbonyl (C=O) groups is 2. The van der Waals surface area contributed by atoms with Crippen LogP contribution in [0, 0.1) is 0 Å². The zero-order valence-corrected chi connectivity index (χ0v) is 12.4. The third kappa shape index (κ3) is 2.73. The summed E-state index contributed by atoms with van der Waals surface area (Å²) < 4.78 is 10.9. The fraction of sp³-hybridized carbons (Fsp3) is 0.500. The van der Waals surface area contributed by atoms with Gasteiger partial charge in [0.25, 0.3) is 5.91 Å². The van der Waals surface area contributed by atoms with Crippen LogP contribution in [-0.2, 0) is 4.79 Å². The molecule has 2 aliphatic rings. The second kappa shape index (κ2) is 5.87. The first kappa shape index (κ1) is 14.7. The van der Waals surface area contributed by atoms with E-state index in [1.54, 1.807) is 18.2 Å². The molecule has 3 rings (SSSR count). The van der Waals surface area contributed by atoms with Crippen LogP contribution in [0.25, 0.3) is 0 Å². The van der Waals surface area contributed by atoms with Crippen molar-refractivity contribution in [1.29, 1.82) is 0 Å². The predicted molar refractivity (Wildman–Crippen MR) is 79.9 cm³/mol. The van der Waals surface area contributed by atoms with Gasteiger partial charge in [0.1, 0.15) is 18.8 Å². The molecule has 1 fully saturated rings. The lowest BCUT2D eigenvalue weighted by molar-refractivity contribution is -0.125. The molecule has 0 bridgehead atoms. The van der Waals surface area contributed by atoms with E-state index in [1.165, 1.54) is 0 Å². The summed E-state index contributed by atoms with van der Waals surface area (Å²) in [7, 11) is 0. The summed E-state index contributed by atoms with van der Waals surface area (Å²) in [5.74, 6) is 0.413. The van der Waals surface area contributed by atoms with E-state index in [-0.39, 0.29) is 5.91 Å². The van der Waals surface area contributed by atoms with Crippen LogP contribution in [0.15, 0.2) is 18.2 Å². The number of amides is 2. The molecule has 0 aromatic heterocycles. The summed E-state index contributed by atoms with van der Waals surface area (Å²) in [6, 6.07) is 5.02. The second-order valence-electron chi connectivity index (χ2n) is 5.82. The Morgan fingerprint density at radius 3 is 2.41 bits per heavy atom. The molecule has 3 N–H and O–H groups in total. The number of ether oxygens (including phenoxy) is 2. The SMILES string of the molecule is NC(=O)C1(NC(=O)c2ccc3c(c2)OCCO3)CCCCC1. The minimum atomic E-state index is -0.928. The van der Waals surface area contributed by atoms with E-state index in [9.17, 15) is 9.59 Å². The number of nitrogens with one attached hydrogen (secondary N) is 1. The maximum atomic E-state index is 12.5. The lowest BCUT2D eigenvalue weighted by atomic mass is 9.81. The number of primary amides is 1. The van der Waals surface area contributed by atoms with Crippen molar-refractivity contribution in [3.8, 4) is 11.5 Å². The highest BCUT2D eigenvalue weighted by atomic mass is 16.6. The van der Waals surface area contributed by atoms with Gasteiger partial charge in [-0.25, -0.2) is 0 Å². The number of hydrogen-bond acceptors (Lipinski definition) is 4. The summed E-state index contributed by atoms with van der Waals surface area (Å²) in [6.45, 7) is 0.965. The van der Waals surface area contributed by atoms with E-state index in [0.717, 1.165) is 19.3 Å². The van der Waals surface area contributed by atoms with Gasteiger partial charge in [0.2, 0.25) is 5.91 Å². The van der Waals surface area contributed by atoms with Crippen molar-refractivity contribution in [1.82, 2.24) is 5.32 Å². The van der Waals surface area contributed by atoms with Crippen LogP contribution >= 0.6 is 0 Å². The summed E-state index contributed by atoms with van der Waals surface area (Å²) in [5.41, 5.74) is 5.05. The molecule has 6 heteroatoms. The van der Waals surface area contributed by atoms with Crippen LogP contribution < -0.4 is 20.5 Å². The van der Waals surface area contributed by atoms with Crippen molar-refractivity contribution >= 4 is 11.8 Å². The Kier molecular flexibility index (Phi) is 3.92. The Balaban J connectivity index is 1.79. The first-order valence-corrected chi connectivity index (χ1v) is 7.63. The van der Waals surface area contributed by atoms with E-state index in [0.29, 0.717) is 43.1 Å². The molecule has 2 amide bonds. The quantitative estimate of drug-likeness (QED) is 0.882. The third-order valence-electron chi connectivity index (χ3n) is 4.34. The minimum absolute atomic E-state index is 0.308. The zero-order valence-electron chi connectivity index (χ0n) is 12.4. The van der Waals surface area contributed by atoms with E-state index in [4.69, 9.17) is 15.2 Å². The smallest absolute Gasteiger partial charge is 0.252 e. The zero-order chi connectivity index (χ0) is 15.6. The van der Waals surface area contributed by atoms with Gasteiger partial charge in [0.15, 0.2) is 11.5 Å². The fourth-order valence-corrected chi connectivity index (χ4v) is 3.06. The third-order valence-corrected chi connectivity index (χ3v) is 4.34. The fourth-order valence-electron chi connectivity index (χ4n) is 3.06. The number of carbonyl (C=O) groups excluding carboxylic acids is 2. The molecular weight excluding hydrogens is 284 g/mol. The van der Waals surface area contributed by atoms with Crippen molar-refractivity contribution < 1.29 is 19.1 Å². The first-order chi connectivity index (χ1) is 10.6. The van der Waals surface area contributed by atoms with Crippen molar-refractivity contribution in [3.63, 3.8) is 0 Å². The van der Waals surface area contributed by atoms with Gasteiger partial charge in [-0.1, -0.05) is 19.3 Å². The Labute approximate surface area is 129 Å². The van der Waals surface area contributed by atoms with E-state index < -0.39 is 11.4 Å². The maximum absolute atomic E-state index is 12.5. The molecule has 22 heavy (non-hydrogen) atoms. The number of hydrogen-bond donors (Lipinski definition) is 2. The highest BCUT2D eigenvalue weighted by Crippen LogP contribution is 2.32. The van der Waals surface area contributed by atoms with Crippen molar-refractivity contribution in [2.75, 3.05) is 13.2 Å². The summed E-state index contributed by atoms with van der Waals surface area (Å²) in [4.78, 5) is 24.3. The summed E-state index contributed by atoms with van der Waals surface area (Å²) >= 11 is 0. The van der Waals surface area contributed by atoms with Crippen LogP contribution in [0.4, 0.5) is 0 Å². The normalized spacial score (nSPS) is 19.3. The molecule has 0 unspecified atom stereocenters. The number of fused-ring (bicyclic) bond motifs is 1. The molecule has 1 aromatic carbocycles. The largest absolute Gasteiger partial charge is 0.486 e. The molecule has 0 saturated heterocycles. The molecule has 118 valence electrons. The highest BCUT2D eigenvalue weighted by molar-refractivity contribution is 5.99.